The van der Waals surface area contributed by atoms with Crippen molar-refractivity contribution < 1.29 is 8.42 Å². The van der Waals surface area contributed by atoms with Crippen LogP contribution in [0.15, 0.2) is 40.0 Å². The second-order valence-corrected chi connectivity index (χ2v) is 5.90. The fourth-order valence-corrected chi connectivity index (χ4v) is 2.22. The summed E-state index contributed by atoms with van der Waals surface area (Å²) in [6, 6.07) is 7.69. The molecule has 0 aliphatic carbocycles. The molecule has 90 valence electrons. The number of rotatable bonds is 2. The van der Waals surface area contributed by atoms with E-state index in [9.17, 15) is 13.2 Å². The number of benzene rings is 1. The minimum Gasteiger partial charge on any atom is -0.295 e. The summed E-state index contributed by atoms with van der Waals surface area (Å²) < 4.78 is 24.1. The summed E-state index contributed by atoms with van der Waals surface area (Å²) in [5.74, 6) is 0. The Balaban J connectivity index is 2.62. The number of nitrogens with zero attached hydrogens (tertiary/aromatic N) is 1. The van der Waals surface area contributed by atoms with E-state index in [1.165, 1.54) is 22.9 Å². The normalized spacial score (nSPS) is 11.6. The highest BCUT2D eigenvalue weighted by Crippen LogP contribution is 2.13. The molecule has 0 unspecified atom stereocenters. The summed E-state index contributed by atoms with van der Waals surface area (Å²) in [6.45, 7) is 1.76. The number of hydrogen-bond donors (Lipinski definition) is 1. The van der Waals surface area contributed by atoms with Gasteiger partial charge >= 0.3 is 0 Å². The largest absolute Gasteiger partial charge is 0.295 e. The maximum Gasteiger partial charge on any atom is 0.271 e. The molecule has 1 aromatic carbocycles. The van der Waals surface area contributed by atoms with E-state index in [1.807, 2.05) is 0 Å². The number of aryl methyl sites for hydroxylation is 1. The summed E-state index contributed by atoms with van der Waals surface area (Å²) in [7, 11) is -3.27. The van der Waals surface area contributed by atoms with Crippen LogP contribution in [0.2, 0.25) is 0 Å². The Labute approximate surface area is 98.6 Å². The summed E-state index contributed by atoms with van der Waals surface area (Å²) in [4.78, 5) is 11.8. The molecule has 0 bridgehead atoms. The van der Waals surface area contributed by atoms with Crippen LogP contribution >= 0.6 is 0 Å². The second-order valence-electron chi connectivity index (χ2n) is 3.88. The van der Waals surface area contributed by atoms with Gasteiger partial charge in [-0.15, -0.1) is 0 Å². The Kier molecular flexibility index (Phi) is 2.66. The predicted octanol–water partition coefficient (Wildman–Crippen LogP) is 0.878. The Hall–Kier alpha value is -1.82. The molecule has 0 radical (unpaired) electrons. The lowest BCUT2D eigenvalue weighted by atomic mass is 10.3. The maximum atomic E-state index is 11.6. The van der Waals surface area contributed by atoms with Crippen molar-refractivity contribution in [3.05, 3.63) is 46.4 Å². The van der Waals surface area contributed by atoms with Crippen LogP contribution in [-0.2, 0) is 9.84 Å². The highest BCUT2D eigenvalue weighted by atomic mass is 32.2. The molecular formula is C11H12N2O3S. The average molecular weight is 252 g/mol. The molecule has 5 nitrogen and oxygen atoms in total. The number of sulfone groups is 1. The Bertz CT molecular complexity index is 710. The van der Waals surface area contributed by atoms with Crippen LogP contribution in [-0.4, -0.2) is 24.5 Å². The minimum absolute atomic E-state index is 0.189. The van der Waals surface area contributed by atoms with Crippen LogP contribution in [0, 0.1) is 6.92 Å². The van der Waals surface area contributed by atoms with Crippen LogP contribution in [0.3, 0.4) is 0 Å². The van der Waals surface area contributed by atoms with Crippen molar-refractivity contribution in [2.45, 2.75) is 11.8 Å². The molecule has 0 saturated heterocycles. The number of aromatic amines is 1. The summed E-state index contributed by atoms with van der Waals surface area (Å²) >= 11 is 0. The zero-order valence-corrected chi connectivity index (χ0v) is 10.3. The second kappa shape index (κ2) is 3.89. The van der Waals surface area contributed by atoms with Gasteiger partial charge in [-0.25, -0.2) is 13.1 Å². The molecule has 0 atom stereocenters. The van der Waals surface area contributed by atoms with Crippen LogP contribution in [0.5, 0.6) is 0 Å². The Morgan fingerprint density at radius 2 is 1.94 bits per heavy atom. The molecule has 6 heteroatoms. The highest BCUT2D eigenvalue weighted by molar-refractivity contribution is 7.90. The van der Waals surface area contributed by atoms with Crippen molar-refractivity contribution in [3.8, 4) is 5.69 Å². The fraction of sp³-hybridized carbons (Fsp3) is 0.182. The van der Waals surface area contributed by atoms with E-state index in [4.69, 9.17) is 0 Å². The molecule has 0 aliphatic heterocycles. The number of H-pyrrole nitrogens is 1. The topological polar surface area (TPSA) is 71.9 Å². The zero-order valence-electron chi connectivity index (χ0n) is 9.47. The first kappa shape index (κ1) is 11.7. The Morgan fingerprint density at radius 1 is 1.24 bits per heavy atom. The third-order valence-electron chi connectivity index (χ3n) is 2.35. The lowest BCUT2D eigenvalue weighted by molar-refractivity contribution is 0.601. The van der Waals surface area contributed by atoms with Gasteiger partial charge in [0.2, 0.25) is 0 Å². The molecule has 1 heterocycles. The predicted molar refractivity (Wildman–Crippen MR) is 64.2 cm³/mol. The van der Waals surface area contributed by atoms with Crippen molar-refractivity contribution in [2.24, 2.45) is 0 Å². The van der Waals surface area contributed by atoms with E-state index in [0.29, 0.717) is 5.69 Å². The standard InChI is InChI=1S/C11H12N2O3S/c1-8-6-11(14)13(12-8)9-4-3-5-10(7-9)17(2,15)16/h3-7,12H,1-2H3. The third-order valence-corrected chi connectivity index (χ3v) is 3.46. The van der Waals surface area contributed by atoms with Crippen LogP contribution in [0.1, 0.15) is 5.69 Å². The zero-order chi connectivity index (χ0) is 12.6. The lowest BCUT2D eigenvalue weighted by Crippen LogP contribution is -2.13. The molecule has 0 fully saturated rings. The summed E-state index contributed by atoms with van der Waals surface area (Å²) in [6.07, 6.45) is 1.13. The van der Waals surface area contributed by atoms with Crippen LogP contribution in [0.25, 0.3) is 5.69 Å². The van der Waals surface area contributed by atoms with Crippen molar-refractivity contribution in [2.75, 3.05) is 6.26 Å². The monoisotopic (exact) mass is 252 g/mol. The molecule has 0 amide bonds. The molecule has 1 N–H and O–H groups in total. The number of aromatic nitrogens is 2. The van der Waals surface area contributed by atoms with E-state index in [1.54, 1.807) is 19.1 Å². The van der Waals surface area contributed by atoms with Gasteiger partial charge in [0.05, 0.1) is 10.6 Å². The van der Waals surface area contributed by atoms with Crippen molar-refractivity contribution in [1.29, 1.82) is 0 Å². The van der Waals surface area contributed by atoms with E-state index in [-0.39, 0.29) is 10.5 Å². The van der Waals surface area contributed by atoms with Gasteiger partial charge < -0.3 is 0 Å². The quantitative estimate of drug-likeness (QED) is 0.862. The van der Waals surface area contributed by atoms with E-state index in [0.717, 1.165) is 11.9 Å². The number of hydrogen-bond acceptors (Lipinski definition) is 3. The molecular weight excluding hydrogens is 240 g/mol. The first-order valence-corrected chi connectivity index (χ1v) is 6.86. The van der Waals surface area contributed by atoms with Crippen LogP contribution in [0.4, 0.5) is 0 Å². The molecule has 2 aromatic rings. The van der Waals surface area contributed by atoms with Gasteiger partial charge in [0.25, 0.3) is 5.56 Å². The van der Waals surface area contributed by atoms with Gasteiger partial charge in [-0.3, -0.25) is 9.89 Å². The van der Waals surface area contributed by atoms with Gasteiger partial charge in [-0.1, -0.05) is 6.07 Å². The van der Waals surface area contributed by atoms with Crippen molar-refractivity contribution >= 4 is 9.84 Å². The van der Waals surface area contributed by atoms with E-state index < -0.39 is 9.84 Å². The Morgan fingerprint density at radius 3 is 2.47 bits per heavy atom. The van der Waals surface area contributed by atoms with Gasteiger partial charge in [-0.05, 0) is 25.1 Å². The van der Waals surface area contributed by atoms with Crippen LogP contribution < -0.4 is 5.56 Å². The molecule has 1 aromatic heterocycles. The first-order chi connectivity index (χ1) is 7.88. The minimum atomic E-state index is -3.27. The molecule has 17 heavy (non-hydrogen) atoms. The van der Waals surface area contributed by atoms with E-state index >= 15 is 0 Å². The highest BCUT2D eigenvalue weighted by Gasteiger charge is 2.09. The van der Waals surface area contributed by atoms with Gasteiger partial charge in [0.1, 0.15) is 0 Å². The number of nitrogens with one attached hydrogen (secondary N) is 1. The molecule has 0 saturated carbocycles. The third kappa shape index (κ3) is 2.31. The first-order valence-electron chi connectivity index (χ1n) is 4.97. The SMILES string of the molecule is Cc1cc(=O)n(-c2cccc(S(C)(=O)=O)c2)[nH]1. The van der Waals surface area contributed by atoms with Gasteiger partial charge in [-0.2, -0.15) is 0 Å². The van der Waals surface area contributed by atoms with Gasteiger partial charge in [0, 0.05) is 18.0 Å². The summed E-state index contributed by atoms with van der Waals surface area (Å²) in [5.41, 5.74) is 1.01. The average Bonchev–Trinajstić information content (AvgIpc) is 2.57. The maximum absolute atomic E-state index is 11.6. The molecule has 2 rings (SSSR count). The molecule has 0 spiro atoms. The van der Waals surface area contributed by atoms with E-state index in [2.05, 4.69) is 5.10 Å². The summed E-state index contributed by atoms with van der Waals surface area (Å²) in [5, 5.41) is 2.85. The molecule has 0 aliphatic rings. The van der Waals surface area contributed by atoms with Crippen molar-refractivity contribution in [3.63, 3.8) is 0 Å². The smallest absolute Gasteiger partial charge is 0.271 e. The lowest BCUT2D eigenvalue weighted by Gasteiger charge is -2.04. The fourth-order valence-electron chi connectivity index (χ4n) is 1.56. The van der Waals surface area contributed by atoms with Gasteiger partial charge in [0.15, 0.2) is 9.84 Å². The van der Waals surface area contributed by atoms with Crippen molar-refractivity contribution in [1.82, 2.24) is 9.78 Å².